The summed E-state index contributed by atoms with van der Waals surface area (Å²) in [6.07, 6.45) is -2.81. The van der Waals surface area contributed by atoms with Crippen LogP contribution in [0.4, 0.5) is 13.2 Å². The molecule has 0 nitrogen and oxygen atoms in total. The van der Waals surface area contributed by atoms with Crippen molar-refractivity contribution in [1.29, 1.82) is 0 Å². The van der Waals surface area contributed by atoms with Crippen molar-refractivity contribution in [2.24, 2.45) is 0 Å². The van der Waals surface area contributed by atoms with Gasteiger partial charge in [0, 0.05) is 5.75 Å². The van der Waals surface area contributed by atoms with Crippen molar-refractivity contribution >= 4 is 11.8 Å². The number of thioether (sulfide) groups is 1. The van der Waals surface area contributed by atoms with Crippen LogP contribution in [0.2, 0.25) is 0 Å². The molecule has 0 heterocycles. The van der Waals surface area contributed by atoms with E-state index in [1.165, 1.54) is 11.8 Å². The van der Waals surface area contributed by atoms with Crippen LogP contribution in [0.25, 0.3) is 0 Å². The molecule has 0 aliphatic rings. The molecular formula is C6H10F3S. The maximum absolute atomic E-state index is 11.5. The minimum Gasteiger partial charge on any atom is -0.171 e. The van der Waals surface area contributed by atoms with Crippen LogP contribution in [0.1, 0.15) is 13.3 Å². The normalized spacial score (nSPS) is 12.0. The first-order chi connectivity index (χ1) is 4.56. The van der Waals surface area contributed by atoms with Crippen LogP contribution in [-0.2, 0) is 0 Å². The summed E-state index contributed by atoms with van der Waals surface area (Å²) in [5, 5.41) is 0. The van der Waals surface area contributed by atoms with Gasteiger partial charge in [-0.05, 0) is 12.2 Å². The number of hydrogen-bond donors (Lipinski definition) is 0. The zero-order valence-electron chi connectivity index (χ0n) is 5.74. The molecule has 0 amide bonds. The zero-order valence-corrected chi connectivity index (χ0v) is 6.56. The van der Waals surface area contributed by atoms with Crippen molar-refractivity contribution in [2.45, 2.75) is 19.5 Å². The van der Waals surface area contributed by atoms with E-state index in [0.29, 0.717) is 5.75 Å². The van der Waals surface area contributed by atoms with Crippen LogP contribution < -0.4 is 0 Å². The van der Waals surface area contributed by atoms with Crippen LogP contribution in [0.15, 0.2) is 0 Å². The lowest BCUT2D eigenvalue weighted by Gasteiger charge is -2.03. The standard InChI is InChI=1S/C6H10F3S/c1-2-4-10-5-3-6(7,8)9/h2H,3-5H2,1H3. The second-order valence-electron chi connectivity index (χ2n) is 1.85. The fourth-order valence-corrected chi connectivity index (χ4v) is 1.17. The third kappa shape index (κ3) is 8.14. The topological polar surface area (TPSA) is 0 Å². The average molecular weight is 171 g/mol. The van der Waals surface area contributed by atoms with Gasteiger partial charge in [0.25, 0.3) is 0 Å². The maximum Gasteiger partial charge on any atom is 0.389 e. The highest BCUT2D eigenvalue weighted by Gasteiger charge is 2.25. The Morgan fingerprint density at radius 1 is 1.40 bits per heavy atom. The predicted octanol–water partition coefficient (Wildman–Crippen LogP) is 2.90. The van der Waals surface area contributed by atoms with Gasteiger partial charge < -0.3 is 0 Å². The summed E-state index contributed by atoms with van der Waals surface area (Å²) in [6.45, 7) is 1.83. The molecule has 61 valence electrons. The van der Waals surface area contributed by atoms with Crippen molar-refractivity contribution in [2.75, 3.05) is 11.5 Å². The van der Waals surface area contributed by atoms with E-state index in [1.54, 1.807) is 0 Å². The Morgan fingerprint density at radius 2 is 2.00 bits per heavy atom. The number of rotatable bonds is 4. The largest absolute Gasteiger partial charge is 0.389 e. The summed E-state index contributed by atoms with van der Waals surface area (Å²) < 4.78 is 34.4. The Morgan fingerprint density at radius 3 is 2.40 bits per heavy atom. The maximum atomic E-state index is 11.5. The highest BCUT2D eigenvalue weighted by molar-refractivity contribution is 7.99. The Labute approximate surface area is 63.2 Å². The van der Waals surface area contributed by atoms with Gasteiger partial charge in [0.05, 0.1) is 6.42 Å². The fraction of sp³-hybridized carbons (Fsp3) is 0.833. The quantitative estimate of drug-likeness (QED) is 0.586. The van der Waals surface area contributed by atoms with Crippen molar-refractivity contribution in [3.8, 4) is 0 Å². The van der Waals surface area contributed by atoms with E-state index < -0.39 is 12.6 Å². The van der Waals surface area contributed by atoms with Gasteiger partial charge in [-0.15, -0.1) is 0 Å². The minimum absolute atomic E-state index is 0.174. The van der Waals surface area contributed by atoms with E-state index in [9.17, 15) is 13.2 Å². The van der Waals surface area contributed by atoms with Gasteiger partial charge in [0.2, 0.25) is 0 Å². The molecule has 0 saturated heterocycles. The molecule has 0 saturated carbocycles. The summed E-state index contributed by atoms with van der Waals surface area (Å²) >= 11 is 1.30. The highest BCUT2D eigenvalue weighted by Crippen LogP contribution is 2.21. The van der Waals surface area contributed by atoms with Crippen LogP contribution in [0.3, 0.4) is 0 Å². The second-order valence-corrected chi connectivity index (χ2v) is 3.00. The molecule has 0 bridgehead atoms. The molecule has 0 aromatic carbocycles. The van der Waals surface area contributed by atoms with Gasteiger partial charge in [-0.3, -0.25) is 0 Å². The first-order valence-electron chi connectivity index (χ1n) is 2.98. The van der Waals surface area contributed by atoms with Gasteiger partial charge in [0.15, 0.2) is 0 Å². The number of halogens is 3. The van der Waals surface area contributed by atoms with E-state index in [2.05, 4.69) is 0 Å². The van der Waals surface area contributed by atoms with Crippen molar-refractivity contribution < 1.29 is 13.2 Å². The first-order valence-corrected chi connectivity index (χ1v) is 4.14. The van der Waals surface area contributed by atoms with E-state index in [-0.39, 0.29) is 5.75 Å². The monoisotopic (exact) mass is 171 g/mol. The van der Waals surface area contributed by atoms with E-state index >= 15 is 0 Å². The lowest BCUT2D eigenvalue weighted by molar-refractivity contribution is -0.129. The SMILES string of the molecule is C[CH]CSCCC(F)(F)F. The molecule has 10 heavy (non-hydrogen) atoms. The van der Waals surface area contributed by atoms with E-state index in [4.69, 9.17) is 0 Å². The van der Waals surface area contributed by atoms with Crippen molar-refractivity contribution in [3.63, 3.8) is 0 Å². The zero-order chi connectivity index (χ0) is 8.04. The lowest BCUT2D eigenvalue weighted by atomic mass is 10.5. The summed E-state index contributed by atoms with van der Waals surface area (Å²) in [4.78, 5) is 0. The third-order valence-corrected chi connectivity index (χ3v) is 1.88. The summed E-state index contributed by atoms with van der Waals surface area (Å²) in [5.41, 5.74) is 0. The summed E-state index contributed by atoms with van der Waals surface area (Å²) in [5.74, 6) is 0.879. The van der Waals surface area contributed by atoms with Crippen LogP contribution in [0.5, 0.6) is 0 Å². The third-order valence-electron chi connectivity index (χ3n) is 0.814. The minimum atomic E-state index is -3.99. The summed E-state index contributed by atoms with van der Waals surface area (Å²) in [6, 6.07) is 0. The van der Waals surface area contributed by atoms with Gasteiger partial charge in [-0.25, -0.2) is 0 Å². The second kappa shape index (κ2) is 4.88. The Kier molecular flexibility index (Phi) is 4.95. The van der Waals surface area contributed by atoms with Crippen molar-refractivity contribution in [3.05, 3.63) is 6.42 Å². The first kappa shape index (κ1) is 10.1. The molecule has 4 heteroatoms. The highest BCUT2D eigenvalue weighted by atomic mass is 32.2. The molecule has 0 spiro atoms. The van der Waals surface area contributed by atoms with Gasteiger partial charge in [-0.1, -0.05) is 6.92 Å². The van der Waals surface area contributed by atoms with E-state index in [0.717, 1.165) is 0 Å². The molecule has 0 unspecified atom stereocenters. The molecule has 0 N–H and O–H groups in total. The molecule has 1 radical (unpaired) electrons. The van der Waals surface area contributed by atoms with Crippen LogP contribution >= 0.6 is 11.8 Å². The Balaban J connectivity index is 3.04. The smallest absolute Gasteiger partial charge is 0.171 e. The molecule has 0 aliphatic heterocycles. The molecule has 0 aromatic heterocycles. The fourth-order valence-electron chi connectivity index (χ4n) is 0.389. The average Bonchev–Trinajstić information content (AvgIpc) is 1.78. The Hall–Kier alpha value is 0.140. The van der Waals surface area contributed by atoms with E-state index in [1.807, 2.05) is 13.3 Å². The molecule has 0 aliphatic carbocycles. The molecule has 0 aromatic rings. The van der Waals surface area contributed by atoms with Gasteiger partial charge in [-0.2, -0.15) is 24.9 Å². The van der Waals surface area contributed by atoms with Gasteiger partial charge >= 0.3 is 6.18 Å². The van der Waals surface area contributed by atoms with Crippen LogP contribution in [0, 0.1) is 6.42 Å². The number of hydrogen-bond acceptors (Lipinski definition) is 1. The lowest BCUT2D eigenvalue weighted by Crippen LogP contribution is -2.08. The molecular weight excluding hydrogens is 161 g/mol. The van der Waals surface area contributed by atoms with Crippen LogP contribution in [-0.4, -0.2) is 17.7 Å². The molecule has 0 atom stereocenters. The number of alkyl halides is 3. The van der Waals surface area contributed by atoms with Gasteiger partial charge in [0.1, 0.15) is 0 Å². The summed E-state index contributed by atoms with van der Waals surface area (Å²) in [7, 11) is 0. The molecule has 0 fully saturated rings. The predicted molar refractivity (Wildman–Crippen MR) is 38.0 cm³/mol. The van der Waals surface area contributed by atoms with Crippen molar-refractivity contribution in [1.82, 2.24) is 0 Å². The Bertz CT molecular complexity index is 79.6. The molecule has 0 rings (SSSR count).